The van der Waals surface area contributed by atoms with Crippen molar-refractivity contribution < 1.29 is 4.79 Å². The summed E-state index contributed by atoms with van der Waals surface area (Å²) < 4.78 is 1.15. The van der Waals surface area contributed by atoms with E-state index in [4.69, 9.17) is 5.73 Å². The molecule has 3 rings (SSSR count). The Morgan fingerprint density at radius 1 is 1.14 bits per heavy atom. The number of nitrogens with two attached hydrogens (primary N) is 1. The van der Waals surface area contributed by atoms with Crippen LogP contribution in [-0.2, 0) is 0 Å². The summed E-state index contributed by atoms with van der Waals surface area (Å²) in [6.07, 6.45) is 0. The molecule has 106 valence electrons. The number of carbonyl (C=O) groups excluding carboxylic acids is 1. The Labute approximate surface area is 126 Å². The van der Waals surface area contributed by atoms with Crippen LogP contribution < -0.4 is 10.6 Å². The van der Waals surface area contributed by atoms with Crippen LogP contribution in [0.15, 0.2) is 42.5 Å². The van der Waals surface area contributed by atoms with Gasteiger partial charge in [-0.2, -0.15) is 0 Å². The molecule has 0 aliphatic heterocycles. The van der Waals surface area contributed by atoms with Crippen LogP contribution in [0.1, 0.15) is 10.4 Å². The van der Waals surface area contributed by atoms with Crippen molar-refractivity contribution in [3.8, 4) is 10.6 Å². The number of hydrogen-bond donors (Lipinski definition) is 1. The summed E-state index contributed by atoms with van der Waals surface area (Å²) in [5, 5.41) is 0.942. The van der Waals surface area contributed by atoms with Crippen LogP contribution in [0.2, 0.25) is 0 Å². The zero-order valence-electron chi connectivity index (χ0n) is 11.8. The van der Waals surface area contributed by atoms with E-state index in [1.165, 1.54) is 0 Å². The number of nitrogens with zero attached hydrogens (tertiary/aromatic N) is 2. The van der Waals surface area contributed by atoms with Gasteiger partial charge < -0.3 is 10.6 Å². The van der Waals surface area contributed by atoms with E-state index in [9.17, 15) is 4.79 Å². The summed E-state index contributed by atoms with van der Waals surface area (Å²) in [6, 6.07) is 13.4. The third kappa shape index (κ3) is 2.60. The van der Waals surface area contributed by atoms with Gasteiger partial charge in [-0.15, -0.1) is 11.3 Å². The predicted octanol–water partition coefficient (Wildman–Crippen LogP) is 3.13. The molecule has 0 aliphatic rings. The molecule has 0 fully saturated rings. The molecule has 0 aliphatic carbocycles. The van der Waals surface area contributed by atoms with Crippen molar-refractivity contribution in [2.24, 2.45) is 5.73 Å². The molecule has 2 N–H and O–H groups in total. The Morgan fingerprint density at radius 2 is 1.86 bits per heavy atom. The SMILES string of the molecule is CN(C)c1ccc2nc(-c3ccc(C(N)=O)cc3)sc2c1. The number of thiazole rings is 1. The fourth-order valence-corrected chi connectivity index (χ4v) is 3.10. The molecule has 0 spiro atoms. The molecule has 21 heavy (non-hydrogen) atoms. The van der Waals surface area contributed by atoms with Gasteiger partial charge in [0.1, 0.15) is 5.01 Å². The largest absolute Gasteiger partial charge is 0.378 e. The number of carbonyl (C=O) groups is 1. The average molecular weight is 297 g/mol. The Kier molecular flexibility index (Phi) is 3.35. The molecule has 1 amide bonds. The maximum absolute atomic E-state index is 11.1. The van der Waals surface area contributed by atoms with Gasteiger partial charge >= 0.3 is 0 Å². The van der Waals surface area contributed by atoms with Crippen molar-refractivity contribution in [2.45, 2.75) is 0 Å². The molecule has 1 aromatic heterocycles. The number of aromatic nitrogens is 1. The first kappa shape index (κ1) is 13.6. The standard InChI is InChI=1S/C16H15N3OS/c1-19(2)12-7-8-13-14(9-12)21-16(18-13)11-5-3-10(4-6-11)15(17)20/h3-9H,1-2H3,(H2,17,20). The minimum atomic E-state index is -0.415. The van der Waals surface area contributed by atoms with Crippen LogP contribution in [0.5, 0.6) is 0 Å². The van der Waals surface area contributed by atoms with Crippen LogP contribution in [0.4, 0.5) is 5.69 Å². The number of hydrogen-bond acceptors (Lipinski definition) is 4. The normalized spacial score (nSPS) is 10.8. The molecule has 5 heteroatoms. The smallest absolute Gasteiger partial charge is 0.248 e. The van der Waals surface area contributed by atoms with E-state index in [-0.39, 0.29) is 0 Å². The van der Waals surface area contributed by atoms with Gasteiger partial charge in [-0.25, -0.2) is 4.98 Å². The summed E-state index contributed by atoms with van der Waals surface area (Å²) in [6.45, 7) is 0. The van der Waals surface area contributed by atoms with Crippen LogP contribution in [-0.4, -0.2) is 25.0 Å². The highest BCUT2D eigenvalue weighted by atomic mass is 32.1. The van der Waals surface area contributed by atoms with Crippen molar-refractivity contribution in [1.82, 2.24) is 4.98 Å². The lowest BCUT2D eigenvalue weighted by atomic mass is 10.1. The molecular weight excluding hydrogens is 282 g/mol. The van der Waals surface area contributed by atoms with E-state index in [0.29, 0.717) is 5.56 Å². The van der Waals surface area contributed by atoms with Crippen molar-refractivity contribution in [3.05, 3.63) is 48.0 Å². The first-order valence-corrected chi connectivity index (χ1v) is 7.34. The van der Waals surface area contributed by atoms with Crippen LogP contribution in [0.3, 0.4) is 0 Å². The summed E-state index contributed by atoms with van der Waals surface area (Å²) in [7, 11) is 4.04. The molecule has 0 radical (unpaired) electrons. The molecule has 0 bridgehead atoms. The lowest BCUT2D eigenvalue weighted by molar-refractivity contribution is 0.100. The maximum atomic E-state index is 11.1. The molecular formula is C16H15N3OS. The molecule has 0 saturated heterocycles. The summed E-state index contributed by atoms with van der Waals surface area (Å²) in [4.78, 5) is 17.8. The Morgan fingerprint density at radius 3 is 2.48 bits per heavy atom. The van der Waals surface area contributed by atoms with E-state index >= 15 is 0 Å². The molecule has 3 aromatic rings. The van der Waals surface area contributed by atoms with Gasteiger partial charge in [0.05, 0.1) is 10.2 Å². The Balaban J connectivity index is 2.02. The van der Waals surface area contributed by atoms with E-state index in [1.54, 1.807) is 23.5 Å². The first-order chi connectivity index (χ1) is 10.0. The van der Waals surface area contributed by atoms with Gasteiger partial charge in [0.25, 0.3) is 0 Å². The molecule has 1 heterocycles. The topological polar surface area (TPSA) is 59.2 Å². The van der Waals surface area contributed by atoms with Crippen molar-refractivity contribution >= 4 is 33.1 Å². The number of anilines is 1. The van der Waals surface area contributed by atoms with Crippen molar-refractivity contribution in [3.63, 3.8) is 0 Å². The molecule has 0 saturated carbocycles. The molecule has 4 nitrogen and oxygen atoms in total. The average Bonchev–Trinajstić information content (AvgIpc) is 2.90. The van der Waals surface area contributed by atoms with Crippen LogP contribution >= 0.6 is 11.3 Å². The second kappa shape index (κ2) is 5.18. The van der Waals surface area contributed by atoms with E-state index in [2.05, 4.69) is 22.0 Å². The second-order valence-corrected chi connectivity index (χ2v) is 6.04. The van der Waals surface area contributed by atoms with Gasteiger partial charge in [0, 0.05) is 30.9 Å². The van der Waals surface area contributed by atoms with Gasteiger partial charge in [-0.3, -0.25) is 4.79 Å². The van der Waals surface area contributed by atoms with Gasteiger partial charge in [0.15, 0.2) is 0 Å². The van der Waals surface area contributed by atoms with E-state index < -0.39 is 5.91 Å². The number of fused-ring (bicyclic) bond motifs is 1. The zero-order valence-corrected chi connectivity index (χ0v) is 12.6. The predicted molar refractivity (Wildman–Crippen MR) is 87.9 cm³/mol. The lowest BCUT2D eigenvalue weighted by Gasteiger charge is -2.11. The minimum Gasteiger partial charge on any atom is -0.378 e. The highest BCUT2D eigenvalue weighted by molar-refractivity contribution is 7.21. The third-order valence-electron chi connectivity index (χ3n) is 3.30. The maximum Gasteiger partial charge on any atom is 0.248 e. The third-order valence-corrected chi connectivity index (χ3v) is 4.37. The van der Waals surface area contributed by atoms with E-state index in [0.717, 1.165) is 26.5 Å². The molecule has 2 aromatic carbocycles. The second-order valence-electron chi connectivity index (χ2n) is 5.01. The fourth-order valence-electron chi connectivity index (χ4n) is 2.09. The highest BCUT2D eigenvalue weighted by Crippen LogP contribution is 2.32. The van der Waals surface area contributed by atoms with E-state index in [1.807, 2.05) is 32.3 Å². The zero-order chi connectivity index (χ0) is 15.0. The number of amides is 1. The van der Waals surface area contributed by atoms with Gasteiger partial charge in [-0.1, -0.05) is 12.1 Å². The van der Waals surface area contributed by atoms with Crippen LogP contribution in [0.25, 0.3) is 20.8 Å². The summed E-state index contributed by atoms with van der Waals surface area (Å²) in [5.74, 6) is -0.415. The summed E-state index contributed by atoms with van der Waals surface area (Å²) in [5.41, 5.74) is 8.89. The van der Waals surface area contributed by atoms with Gasteiger partial charge in [0.2, 0.25) is 5.91 Å². The quantitative estimate of drug-likeness (QED) is 0.808. The van der Waals surface area contributed by atoms with Crippen LogP contribution in [0, 0.1) is 0 Å². The summed E-state index contributed by atoms with van der Waals surface area (Å²) >= 11 is 1.64. The van der Waals surface area contributed by atoms with Crippen molar-refractivity contribution in [1.29, 1.82) is 0 Å². The lowest BCUT2D eigenvalue weighted by Crippen LogP contribution is -2.10. The fraction of sp³-hybridized carbons (Fsp3) is 0.125. The Hall–Kier alpha value is -2.40. The Bertz CT molecular complexity index is 806. The van der Waals surface area contributed by atoms with Gasteiger partial charge in [-0.05, 0) is 30.3 Å². The minimum absolute atomic E-state index is 0.415. The first-order valence-electron chi connectivity index (χ1n) is 6.53. The molecule has 0 atom stereocenters. The highest BCUT2D eigenvalue weighted by Gasteiger charge is 2.08. The molecule has 0 unspecified atom stereocenters. The number of primary amides is 1. The monoisotopic (exact) mass is 297 g/mol. The number of benzene rings is 2. The number of rotatable bonds is 3. The van der Waals surface area contributed by atoms with Crippen molar-refractivity contribution in [2.75, 3.05) is 19.0 Å².